The van der Waals surface area contributed by atoms with Crippen molar-refractivity contribution in [3.63, 3.8) is 0 Å². The number of benzene rings is 1. The average molecular weight is 240 g/mol. The summed E-state index contributed by atoms with van der Waals surface area (Å²) in [5, 5.41) is 4.37. The molecular weight excluding hydrogens is 224 g/mol. The highest BCUT2D eigenvalue weighted by Crippen LogP contribution is 2.25. The molecule has 0 aliphatic heterocycles. The number of Topliss-reactive ketones (excluding diaryl/α,β-unsaturated/α-hetero) is 1. The maximum Gasteiger partial charge on any atom is 0.166 e. The van der Waals surface area contributed by atoms with E-state index in [2.05, 4.69) is 24.2 Å². The first kappa shape index (κ1) is 11.2. The zero-order valence-corrected chi connectivity index (χ0v) is 10.5. The van der Waals surface area contributed by atoms with E-state index in [1.54, 1.807) is 6.20 Å². The molecule has 1 atom stereocenters. The minimum atomic E-state index is 0.239. The van der Waals surface area contributed by atoms with E-state index < -0.39 is 0 Å². The maximum atomic E-state index is 11.9. The van der Waals surface area contributed by atoms with Crippen LogP contribution in [0.2, 0.25) is 0 Å². The molecule has 0 saturated heterocycles. The topological polar surface area (TPSA) is 34.9 Å². The van der Waals surface area contributed by atoms with E-state index in [4.69, 9.17) is 0 Å². The molecule has 92 valence electrons. The van der Waals surface area contributed by atoms with Crippen molar-refractivity contribution in [2.45, 2.75) is 26.3 Å². The van der Waals surface area contributed by atoms with Crippen molar-refractivity contribution >= 4 is 5.78 Å². The molecule has 3 nitrogen and oxygen atoms in total. The van der Waals surface area contributed by atoms with E-state index in [0.29, 0.717) is 12.3 Å². The largest absolute Gasteiger partial charge is 0.294 e. The van der Waals surface area contributed by atoms with Gasteiger partial charge in [-0.05, 0) is 17.9 Å². The summed E-state index contributed by atoms with van der Waals surface area (Å²) in [6.45, 7) is 2.87. The van der Waals surface area contributed by atoms with Gasteiger partial charge in [0.15, 0.2) is 5.78 Å². The number of hydrogen-bond donors (Lipinski definition) is 0. The summed E-state index contributed by atoms with van der Waals surface area (Å²) in [6, 6.07) is 10.2. The van der Waals surface area contributed by atoms with Crippen LogP contribution in [0.5, 0.6) is 0 Å². The summed E-state index contributed by atoms with van der Waals surface area (Å²) in [4.78, 5) is 11.9. The van der Waals surface area contributed by atoms with Gasteiger partial charge in [-0.3, -0.25) is 9.48 Å². The van der Waals surface area contributed by atoms with Crippen molar-refractivity contribution in [1.29, 1.82) is 0 Å². The molecule has 1 unspecified atom stereocenters. The highest BCUT2D eigenvalue weighted by atomic mass is 16.1. The van der Waals surface area contributed by atoms with Crippen molar-refractivity contribution in [2.24, 2.45) is 5.92 Å². The summed E-state index contributed by atoms with van der Waals surface area (Å²) in [6.07, 6.45) is 3.34. The third-order valence-electron chi connectivity index (χ3n) is 3.50. The number of nitrogens with zero attached hydrogens (tertiary/aromatic N) is 2. The van der Waals surface area contributed by atoms with E-state index in [0.717, 1.165) is 24.2 Å². The highest BCUT2D eigenvalue weighted by molar-refractivity contribution is 5.98. The predicted molar refractivity (Wildman–Crippen MR) is 69.6 cm³/mol. The number of hydrogen-bond acceptors (Lipinski definition) is 2. The van der Waals surface area contributed by atoms with Crippen LogP contribution in [0.4, 0.5) is 0 Å². The van der Waals surface area contributed by atoms with Crippen LogP contribution in [0.15, 0.2) is 36.5 Å². The molecule has 0 bridgehead atoms. The number of carbonyl (C=O) groups is 1. The Bertz CT molecular complexity index is 571. The SMILES string of the molecule is CC1CC(=O)c2cnn(Cc3ccccc3)c2C1. The van der Waals surface area contributed by atoms with E-state index >= 15 is 0 Å². The summed E-state index contributed by atoms with van der Waals surface area (Å²) in [5.41, 5.74) is 3.14. The Kier molecular flexibility index (Phi) is 2.74. The lowest BCUT2D eigenvalue weighted by Crippen LogP contribution is -2.20. The second-order valence-corrected chi connectivity index (χ2v) is 5.08. The zero-order valence-electron chi connectivity index (χ0n) is 10.5. The molecule has 0 spiro atoms. The van der Waals surface area contributed by atoms with Crippen LogP contribution >= 0.6 is 0 Å². The molecule has 3 heteroatoms. The van der Waals surface area contributed by atoms with Gasteiger partial charge < -0.3 is 0 Å². The second kappa shape index (κ2) is 4.41. The standard InChI is InChI=1S/C15H16N2O/c1-11-7-14-13(15(18)8-11)9-16-17(14)10-12-5-3-2-4-6-12/h2-6,9,11H,7-8,10H2,1H3. The van der Waals surface area contributed by atoms with Crippen LogP contribution in [-0.4, -0.2) is 15.6 Å². The average Bonchev–Trinajstić information content (AvgIpc) is 2.74. The van der Waals surface area contributed by atoms with Crippen molar-refractivity contribution in [2.75, 3.05) is 0 Å². The first-order valence-corrected chi connectivity index (χ1v) is 6.36. The summed E-state index contributed by atoms with van der Waals surface area (Å²) in [5.74, 6) is 0.666. The van der Waals surface area contributed by atoms with Gasteiger partial charge in [-0.15, -0.1) is 0 Å². The molecule has 1 aliphatic rings. The lowest BCUT2D eigenvalue weighted by Gasteiger charge is -2.18. The highest BCUT2D eigenvalue weighted by Gasteiger charge is 2.26. The number of fused-ring (bicyclic) bond motifs is 1. The smallest absolute Gasteiger partial charge is 0.166 e. The normalized spacial score (nSPS) is 18.7. The van der Waals surface area contributed by atoms with Crippen molar-refractivity contribution in [3.05, 3.63) is 53.3 Å². The van der Waals surface area contributed by atoms with E-state index in [9.17, 15) is 4.79 Å². The molecule has 1 aromatic heterocycles. The minimum Gasteiger partial charge on any atom is -0.294 e. The van der Waals surface area contributed by atoms with Gasteiger partial charge in [0.25, 0.3) is 0 Å². The van der Waals surface area contributed by atoms with Gasteiger partial charge >= 0.3 is 0 Å². The third-order valence-corrected chi connectivity index (χ3v) is 3.50. The van der Waals surface area contributed by atoms with Gasteiger partial charge in [-0.1, -0.05) is 37.3 Å². The monoisotopic (exact) mass is 240 g/mol. The fourth-order valence-electron chi connectivity index (χ4n) is 2.58. The van der Waals surface area contributed by atoms with Gasteiger partial charge in [-0.2, -0.15) is 5.10 Å². The Balaban J connectivity index is 1.93. The van der Waals surface area contributed by atoms with Crippen molar-refractivity contribution < 1.29 is 4.79 Å². The number of carbonyl (C=O) groups excluding carboxylic acids is 1. The Hall–Kier alpha value is -1.90. The lowest BCUT2D eigenvalue weighted by atomic mass is 9.88. The van der Waals surface area contributed by atoms with Gasteiger partial charge in [0.1, 0.15) is 0 Å². The van der Waals surface area contributed by atoms with Crippen LogP contribution in [0, 0.1) is 5.92 Å². The number of aromatic nitrogens is 2. The quantitative estimate of drug-likeness (QED) is 0.809. The molecule has 0 saturated carbocycles. The molecule has 1 aliphatic carbocycles. The van der Waals surface area contributed by atoms with E-state index in [1.165, 1.54) is 5.56 Å². The van der Waals surface area contributed by atoms with Gasteiger partial charge in [0, 0.05) is 12.1 Å². The Labute approximate surface area is 106 Å². The Morgan fingerprint density at radius 1 is 1.28 bits per heavy atom. The lowest BCUT2D eigenvalue weighted by molar-refractivity contribution is 0.0952. The molecule has 1 aromatic carbocycles. The number of rotatable bonds is 2. The maximum absolute atomic E-state index is 11.9. The minimum absolute atomic E-state index is 0.239. The van der Waals surface area contributed by atoms with Gasteiger partial charge in [0.2, 0.25) is 0 Å². The third kappa shape index (κ3) is 1.96. The molecule has 0 amide bonds. The molecule has 18 heavy (non-hydrogen) atoms. The molecule has 0 N–H and O–H groups in total. The zero-order chi connectivity index (χ0) is 12.5. The van der Waals surface area contributed by atoms with Crippen LogP contribution < -0.4 is 0 Å². The van der Waals surface area contributed by atoms with Crippen LogP contribution in [0.25, 0.3) is 0 Å². The summed E-state index contributed by atoms with van der Waals surface area (Å²) in [7, 11) is 0. The molecule has 2 aromatic rings. The summed E-state index contributed by atoms with van der Waals surface area (Å²) >= 11 is 0. The van der Waals surface area contributed by atoms with Crippen molar-refractivity contribution in [3.8, 4) is 0 Å². The fourth-order valence-corrected chi connectivity index (χ4v) is 2.58. The molecule has 1 heterocycles. The van der Waals surface area contributed by atoms with Crippen LogP contribution in [0.1, 0.15) is 35.0 Å². The molecule has 0 fully saturated rings. The molecule has 0 radical (unpaired) electrons. The Morgan fingerprint density at radius 2 is 2.06 bits per heavy atom. The summed E-state index contributed by atoms with van der Waals surface area (Å²) < 4.78 is 1.97. The first-order valence-electron chi connectivity index (χ1n) is 6.36. The molecular formula is C15H16N2O. The second-order valence-electron chi connectivity index (χ2n) is 5.08. The van der Waals surface area contributed by atoms with E-state index in [-0.39, 0.29) is 5.78 Å². The Morgan fingerprint density at radius 3 is 2.83 bits per heavy atom. The first-order chi connectivity index (χ1) is 8.74. The van der Waals surface area contributed by atoms with Gasteiger partial charge in [-0.25, -0.2) is 0 Å². The predicted octanol–water partition coefficient (Wildman–Crippen LogP) is 2.70. The van der Waals surface area contributed by atoms with Gasteiger partial charge in [0.05, 0.1) is 18.3 Å². The van der Waals surface area contributed by atoms with Crippen LogP contribution in [-0.2, 0) is 13.0 Å². The van der Waals surface area contributed by atoms with Crippen LogP contribution in [0.3, 0.4) is 0 Å². The van der Waals surface area contributed by atoms with Crippen molar-refractivity contribution in [1.82, 2.24) is 9.78 Å². The number of ketones is 1. The molecule has 3 rings (SSSR count). The van der Waals surface area contributed by atoms with E-state index in [1.807, 2.05) is 22.9 Å². The fraction of sp³-hybridized carbons (Fsp3) is 0.333.